The summed E-state index contributed by atoms with van der Waals surface area (Å²) in [5.41, 5.74) is 3.07. The molecular formula is C17H14O3. The number of ketones is 2. The minimum absolute atomic E-state index is 0.0708. The molecule has 3 heteroatoms. The third-order valence-electron chi connectivity index (χ3n) is 3.92. The maximum Gasteiger partial charge on any atom is 0.190 e. The summed E-state index contributed by atoms with van der Waals surface area (Å²) >= 11 is 0. The van der Waals surface area contributed by atoms with Gasteiger partial charge in [0.15, 0.2) is 11.6 Å². The van der Waals surface area contributed by atoms with E-state index in [2.05, 4.69) is 0 Å². The largest absolute Gasteiger partial charge is 0.303 e. The zero-order valence-corrected chi connectivity index (χ0v) is 11.2. The predicted molar refractivity (Wildman–Crippen MR) is 74.7 cm³/mol. The topological polar surface area (TPSA) is 51.2 Å². The molecular weight excluding hydrogens is 252 g/mol. The molecule has 0 aliphatic heterocycles. The van der Waals surface area contributed by atoms with E-state index in [1.165, 1.54) is 0 Å². The zero-order chi connectivity index (χ0) is 14.3. The van der Waals surface area contributed by atoms with Crippen LogP contribution in [0.5, 0.6) is 0 Å². The Morgan fingerprint density at radius 3 is 2.45 bits per heavy atom. The van der Waals surface area contributed by atoms with Gasteiger partial charge in [0, 0.05) is 34.6 Å². The van der Waals surface area contributed by atoms with Gasteiger partial charge in [-0.1, -0.05) is 35.9 Å². The van der Waals surface area contributed by atoms with Crippen molar-refractivity contribution in [1.29, 1.82) is 0 Å². The Bertz CT molecular complexity index is 692. The number of carbonyl (C=O) groups is 3. The molecule has 2 aliphatic carbocycles. The Morgan fingerprint density at radius 2 is 1.80 bits per heavy atom. The molecule has 1 aromatic rings. The summed E-state index contributed by atoms with van der Waals surface area (Å²) < 4.78 is 0. The lowest BCUT2D eigenvalue weighted by molar-refractivity contribution is -0.108. The number of hydrogen-bond acceptors (Lipinski definition) is 3. The first kappa shape index (κ1) is 12.7. The fourth-order valence-electron chi connectivity index (χ4n) is 3.07. The molecule has 2 aliphatic rings. The number of carbonyl (C=O) groups excluding carboxylic acids is 3. The van der Waals surface area contributed by atoms with E-state index in [1.807, 2.05) is 13.0 Å². The number of Topliss-reactive ketones (excluding diaryl/α,β-unsaturated/α-hetero) is 2. The number of aldehydes is 1. The van der Waals surface area contributed by atoms with Gasteiger partial charge in [0.25, 0.3) is 0 Å². The summed E-state index contributed by atoms with van der Waals surface area (Å²) in [6.07, 6.45) is 3.50. The van der Waals surface area contributed by atoms with Crippen molar-refractivity contribution >= 4 is 17.9 Å². The zero-order valence-electron chi connectivity index (χ0n) is 11.2. The van der Waals surface area contributed by atoms with Crippen molar-refractivity contribution in [3.63, 3.8) is 0 Å². The number of fused-ring (bicyclic) bond motifs is 1. The Labute approximate surface area is 117 Å². The summed E-state index contributed by atoms with van der Waals surface area (Å²) in [5.74, 6) is -0.439. The van der Waals surface area contributed by atoms with Crippen molar-refractivity contribution < 1.29 is 14.4 Å². The molecule has 0 bridgehead atoms. The van der Waals surface area contributed by atoms with Crippen LogP contribution < -0.4 is 0 Å². The second-order valence-electron chi connectivity index (χ2n) is 5.29. The molecule has 0 spiro atoms. The lowest BCUT2D eigenvalue weighted by Crippen LogP contribution is -2.28. The molecule has 0 amide bonds. The average molecular weight is 266 g/mol. The second-order valence-corrected chi connectivity index (χ2v) is 5.29. The van der Waals surface area contributed by atoms with E-state index >= 15 is 0 Å². The third kappa shape index (κ3) is 1.78. The van der Waals surface area contributed by atoms with Crippen molar-refractivity contribution in [3.8, 4) is 0 Å². The second kappa shape index (κ2) is 4.67. The molecule has 0 saturated carbocycles. The van der Waals surface area contributed by atoms with Gasteiger partial charge >= 0.3 is 0 Å². The molecule has 3 nitrogen and oxygen atoms in total. The first-order valence-electron chi connectivity index (χ1n) is 6.66. The van der Waals surface area contributed by atoms with Crippen molar-refractivity contribution in [2.75, 3.05) is 0 Å². The van der Waals surface area contributed by atoms with E-state index in [1.54, 1.807) is 24.3 Å². The van der Waals surface area contributed by atoms with Crippen molar-refractivity contribution in [1.82, 2.24) is 0 Å². The molecule has 1 atom stereocenters. The Morgan fingerprint density at radius 1 is 1.15 bits per heavy atom. The van der Waals surface area contributed by atoms with Crippen LogP contribution in [-0.2, 0) is 4.79 Å². The SMILES string of the molecule is CC1=C[C@@H](CC=O)C2=C(C1)C(=O)c1ccccc1C2=O. The smallest absolute Gasteiger partial charge is 0.190 e. The molecule has 0 unspecified atom stereocenters. The maximum atomic E-state index is 12.6. The van der Waals surface area contributed by atoms with Crippen LogP contribution in [0.15, 0.2) is 47.1 Å². The first-order valence-corrected chi connectivity index (χ1v) is 6.66. The Balaban J connectivity index is 2.17. The molecule has 0 N–H and O–H groups in total. The van der Waals surface area contributed by atoms with E-state index in [4.69, 9.17) is 0 Å². The van der Waals surface area contributed by atoms with Crippen LogP contribution in [0.25, 0.3) is 0 Å². The summed E-state index contributed by atoms with van der Waals surface area (Å²) in [4.78, 5) is 36.0. The molecule has 0 aromatic heterocycles. The van der Waals surface area contributed by atoms with Gasteiger partial charge in [-0.15, -0.1) is 0 Å². The highest BCUT2D eigenvalue weighted by Gasteiger charge is 2.36. The van der Waals surface area contributed by atoms with E-state index in [-0.39, 0.29) is 23.9 Å². The van der Waals surface area contributed by atoms with Crippen molar-refractivity contribution in [3.05, 3.63) is 58.2 Å². The quantitative estimate of drug-likeness (QED) is 0.611. The Hall–Kier alpha value is -2.29. The maximum absolute atomic E-state index is 12.6. The van der Waals surface area contributed by atoms with Gasteiger partial charge in [-0.2, -0.15) is 0 Å². The van der Waals surface area contributed by atoms with E-state index in [0.717, 1.165) is 11.9 Å². The van der Waals surface area contributed by atoms with Crippen LogP contribution in [0.3, 0.4) is 0 Å². The minimum atomic E-state index is -0.263. The monoisotopic (exact) mass is 266 g/mol. The third-order valence-corrected chi connectivity index (χ3v) is 3.92. The normalized spacial score (nSPS) is 21.2. The van der Waals surface area contributed by atoms with E-state index in [9.17, 15) is 14.4 Å². The molecule has 1 aromatic carbocycles. The van der Waals surface area contributed by atoms with Crippen LogP contribution in [0.2, 0.25) is 0 Å². The van der Waals surface area contributed by atoms with Crippen LogP contribution >= 0.6 is 0 Å². The van der Waals surface area contributed by atoms with Gasteiger partial charge in [0.05, 0.1) is 0 Å². The number of benzene rings is 1. The number of hydrogen-bond donors (Lipinski definition) is 0. The number of rotatable bonds is 2. The molecule has 0 saturated heterocycles. The number of allylic oxidation sites excluding steroid dienone is 4. The standard InChI is InChI=1S/C17H14O3/c1-10-8-11(6-7-18)15-14(9-10)16(19)12-4-2-3-5-13(12)17(15)20/h2-5,7-8,11H,6,9H2,1H3/t11-/m1/s1. The summed E-state index contributed by atoms with van der Waals surface area (Å²) in [7, 11) is 0. The van der Waals surface area contributed by atoms with Crippen LogP contribution in [-0.4, -0.2) is 17.9 Å². The molecule has 0 radical (unpaired) electrons. The van der Waals surface area contributed by atoms with Crippen LogP contribution in [0.4, 0.5) is 0 Å². The summed E-state index contributed by atoms with van der Waals surface area (Å²) in [5, 5.41) is 0. The molecule has 0 fully saturated rings. The van der Waals surface area contributed by atoms with Crippen LogP contribution in [0.1, 0.15) is 40.5 Å². The van der Waals surface area contributed by atoms with Crippen LogP contribution in [0, 0.1) is 5.92 Å². The van der Waals surface area contributed by atoms with Gasteiger partial charge < -0.3 is 4.79 Å². The minimum Gasteiger partial charge on any atom is -0.303 e. The van der Waals surface area contributed by atoms with E-state index in [0.29, 0.717) is 28.7 Å². The summed E-state index contributed by atoms with van der Waals surface area (Å²) in [6, 6.07) is 6.91. The highest BCUT2D eigenvalue weighted by molar-refractivity contribution is 6.27. The van der Waals surface area contributed by atoms with Gasteiger partial charge in [-0.05, 0) is 13.3 Å². The van der Waals surface area contributed by atoms with E-state index < -0.39 is 0 Å². The molecule has 20 heavy (non-hydrogen) atoms. The van der Waals surface area contributed by atoms with Gasteiger partial charge in [-0.25, -0.2) is 0 Å². The van der Waals surface area contributed by atoms with Gasteiger partial charge in [0.2, 0.25) is 0 Å². The summed E-state index contributed by atoms with van der Waals surface area (Å²) in [6.45, 7) is 1.93. The highest BCUT2D eigenvalue weighted by Crippen LogP contribution is 2.38. The predicted octanol–water partition coefficient (Wildman–Crippen LogP) is 2.92. The van der Waals surface area contributed by atoms with Crippen molar-refractivity contribution in [2.45, 2.75) is 19.8 Å². The fourth-order valence-corrected chi connectivity index (χ4v) is 3.07. The first-order chi connectivity index (χ1) is 9.63. The van der Waals surface area contributed by atoms with Crippen molar-refractivity contribution in [2.24, 2.45) is 5.92 Å². The highest BCUT2D eigenvalue weighted by atomic mass is 16.1. The fraction of sp³-hybridized carbons (Fsp3) is 0.235. The lowest BCUT2D eigenvalue weighted by atomic mass is 9.73. The van der Waals surface area contributed by atoms with Gasteiger partial charge in [-0.3, -0.25) is 9.59 Å². The Kier molecular flexibility index (Phi) is 2.97. The molecule has 0 heterocycles. The lowest BCUT2D eigenvalue weighted by Gasteiger charge is -2.28. The molecule has 100 valence electrons. The molecule has 3 rings (SSSR count). The van der Waals surface area contributed by atoms with Gasteiger partial charge in [0.1, 0.15) is 6.29 Å². The average Bonchev–Trinajstić information content (AvgIpc) is 2.44.